The fourth-order valence-electron chi connectivity index (χ4n) is 2.95. The van der Waals surface area contributed by atoms with E-state index in [2.05, 4.69) is 42.7 Å². The molecule has 0 heterocycles. The molecule has 2 heteroatoms. The van der Waals surface area contributed by atoms with Gasteiger partial charge in [-0.25, -0.2) is 0 Å². The standard InChI is InChI=1S/C20H44BrP/c1-5-7-8-9-10-11-12-13-14-15-16-17-18-19-20-22(3,4,21)6-2/h5-20H2,1-4H3. The van der Waals surface area contributed by atoms with E-state index in [0.717, 1.165) is 0 Å². The fraction of sp³-hybridized carbons (Fsp3) is 1.00. The zero-order valence-electron chi connectivity index (χ0n) is 16.1. The van der Waals surface area contributed by atoms with Crippen LogP contribution in [0.3, 0.4) is 0 Å². The maximum absolute atomic E-state index is 4.05. The molecule has 0 nitrogen and oxygen atoms in total. The Labute approximate surface area is 150 Å². The molecule has 0 aliphatic carbocycles. The van der Waals surface area contributed by atoms with Crippen LogP contribution >= 0.6 is 20.8 Å². The molecule has 0 atom stereocenters. The first-order valence-electron chi connectivity index (χ1n) is 10.1. The summed E-state index contributed by atoms with van der Waals surface area (Å²) in [6.45, 7) is 9.60. The van der Waals surface area contributed by atoms with Gasteiger partial charge in [-0.1, -0.05) is 26.2 Å². The molecule has 22 heavy (non-hydrogen) atoms. The number of rotatable bonds is 16. The van der Waals surface area contributed by atoms with Crippen molar-refractivity contribution in [1.29, 1.82) is 0 Å². The average molecular weight is 395 g/mol. The summed E-state index contributed by atoms with van der Waals surface area (Å²) in [7, 11) is 0. The third kappa shape index (κ3) is 15.8. The van der Waals surface area contributed by atoms with Gasteiger partial charge < -0.3 is 0 Å². The van der Waals surface area contributed by atoms with Crippen molar-refractivity contribution in [1.82, 2.24) is 0 Å². The van der Waals surface area contributed by atoms with Gasteiger partial charge in [0.1, 0.15) is 0 Å². The summed E-state index contributed by atoms with van der Waals surface area (Å²) in [4.78, 5) is 0. The van der Waals surface area contributed by atoms with Crippen molar-refractivity contribution >= 4 is 20.8 Å². The summed E-state index contributed by atoms with van der Waals surface area (Å²) in [5, 5.41) is -1.43. The summed E-state index contributed by atoms with van der Waals surface area (Å²) >= 11 is 4.05. The van der Waals surface area contributed by atoms with E-state index in [1.807, 2.05) is 0 Å². The van der Waals surface area contributed by atoms with Gasteiger partial charge in [0, 0.05) is 0 Å². The zero-order chi connectivity index (χ0) is 16.8. The molecule has 0 aromatic rings. The zero-order valence-corrected chi connectivity index (χ0v) is 18.6. The number of unbranched alkanes of at least 4 members (excludes halogenated alkanes) is 13. The third-order valence-electron chi connectivity index (χ3n) is 5.18. The van der Waals surface area contributed by atoms with Crippen LogP contribution in [0.1, 0.15) is 104 Å². The monoisotopic (exact) mass is 394 g/mol. The number of halogens is 1. The molecular formula is C20H44BrP. The molecule has 0 saturated heterocycles. The first-order valence-corrected chi connectivity index (χ1v) is 15.6. The third-order valence-corrected chi connectivity index (χ3v) is 11.4. The molecule has 0 fully saturated rings. The topological polar surface area (TPSA) is 0 Å². The predicted molar refractivity (Wildman–Crippen MR) is 113 cm³/mol. The predicted octanol–water partition coefficient (Wildman–Crippen LogP) is 8.61. The molecule has 0 radical (unpaired) electrons. The van der Waals surface area contributed by atoms with Gasteiger partial charge >= 0.3 is 124 Å². The molecule has 0 aromatic heterocycles. The van der Waals surface area contributed by atoms with Gasteiger partial charge in [0.25, 0.3) is 0 Å². The normalized spacial score (nSPS) is 14.0. The molecule has 0 saturated carbocycles. The molecule has 136 valence electrons. The van der Waals surface area contributed by atoms with Crippen LogP contribution in [0.15, 0.2) is 0 Å². The van der Waals surface area contributed by atoms with Gasteiger partial charge in [-0.15, -0.1) is 0 Å². The fourth-order valence-corrected chi connectivity index (χ4v) is 5.22. The van der Waals surface area contributed by atoms with Crippen molar-refractivity contribution in [2.45, 2.75) is 104 Å². The minimum absolute atomic E-state index is 1.34. The van der Waals surface area contributed by atoms with E-state index in [1.54, 1.807) is 0 Å². The van der Waals surface area contributed by atoms with E-state index in [9.17, 15) is 0 Å². The van der Waals surface area contributed by atoms with Crippen LogP contribution in [-0.2, 0) is 0 Å². The van der Waals surface area contributed by atoms with Crippen LogP contribution in [0, 0.1) is 0 Å². The van der Waals surface area contributed by atoms with E-state index in [4.69, 9.17) is 0 Å². The van der Waals surface area contributed by atoms with Gasteiger partial charge in [0.15, 0.2) is 0 Å². The number of hydrogen-bond donors (Lipinski definition) is 0. The Hall–Kier alpha value is 0.910. The van der Waals surface area contributed by atoms with Crippen molar-refractivity contribution in [3.8, 4) is 0 Å². The minimum atomic E-state index is -1.43. The second-order valence-corrected chi connectivity index (χ2v) is 21.5. The number of hydrogen-bond acceptors (Lipinski definition) is 0. The molecule has 0 rings (SSSR count). The van der Waals surface area contributed by atoms with Crippen LogP contribution in [-0.4, -0.2) is 25.7 Å². The van der Waals surface area contributed by atoms with E-state index in [0.29, 0.717) is 0 Å². The first kappa shape index (κ1) is 22.9. The second kappa shape index (κ2) is 13.2. The van der Waals surface area contributed by atoms with Crippen LogP contribution in [0.25, 0.3) is 0 Å². The van der Waals surface area contributed by atoms with Crippen molar-refractivity contribution in [2.24, 2.45) is 0 Å². The van der Waals surface area contributed by atoms with Gasteiger partial charge in [-0.2, -0.15) is 0 Å². The van der Waals surface area contributed by atoms with Crippen molar-refractivity contribution in [3.05, 3.63) is 0 Å². The van der Waals surface area contributed by atoms with Crippen LogP contribution in [0.4, 0.5) is 0 Å². The van der Waals surface area contributed by atoms with Gasteiger partial charge in [-0.3, -0.25) is 0 Å². The molecule has 0 spiro atoms. The summed E-state index contributed by atoms with van der Waals surface area (Å²) in [6, 6.07) is 0. The second-order valence-electron chi connectivity index (χ2n) is 8.15. The molecule has 0 bridgehead atoms. The van der Waals surface area contributed by atoms with E-state index < -0.39 is 5.31 Å². The van der Waals surface area contributed by atoms with Gasteiger partial charge in [0.2, 0.25) is 0 Å². The summed E-state index contributed by atoms with van der Waals surface area (Å²) in [6.07, 6.45) is 23.2. The Kier molecular flexibility index (Phi) is 13.8. The molecule has 0 aliphatic rings. The Morgan fingerprint density at radius 1 is 0.545 bits per heavy atom. The van der Waals surface area contributed by atoms with Gasteiger partial charge in [-0.05, 0) is 0 Å². The van der Waals surface area contributed by atoms with Crippen molar-refractivity contribution in [3.63, 3.8) is 0 Å². The Bertz CT molecular complexity index is 242. The molecular weight excluding hydrogens is 351 g/mol. The van der Waals surface area contributed by atoms with Crippen LogP contribution in [0.5, 0.6) is 0 Å². The molecule has 0 aromatic carbocycles. The molecule has 0 amide bonds. The summed E-state index contributed by atoms with van der Waals surface area (Å²) in [5.41, 5.74) is 0. The molecule has 0 N–H and O–H groups in total. The van der Waals surface area contributed by atoms with E-state index in [1.165, 1.54) is 102 Å². The molecule has 0 aliphatic heterocycles. The first-order chi connectivity index (χ1) is 10.4. The SMILES string of the molecule is CCCCCCCCCCCCCCCCP(C)(C)(Br)CC. The van der Waals surface area contributed by atoms with Crippen LogP contribution < -0.4 is 0 Å². The Morgan fingerprint density at radius 3 is 1.18 bits per heavy atom. The van der Waals surface area contributed by atoms with E-state index in [-0.39, 0.29) is 0 Å². The summed E-state index contributed by atoms with van der Waals surface area (Å²) < 4.78 is 0. The average Bonchev–Trinajstić information content (AvgIpc) is 2.47. The summed E-state index contributed by atoms with van der Waals surface area (Å²) in [5.74, 6) is 0. The van der Waals surface area contributed by atoms with Gasteiger partial charge in [0.05, 0.1) is 0 Å². The van der Waals surface area contributed by atoms with Crippen molar-refractivity contribution < 1.29 is 0 Å². The Morgan fingerprint density at radius 2 is 0.864 bits per heavy atom. The molecule has 0 unspecified atom stereocenters. The van der Waals surface area contributed by atoms with Crippen LogP contribution in [0.2, 0.25) is 0 Å². The maximum atomic E-state index is 4.05. The van der Waals surface area contributed by atoms with Crippen molar-refractivity contribution in [2.75, 3.05) is 25.7 Å². The quantitative estimate of drug-likeness (QED) is 0.181. The Balaban J connectivity index is 3.18. The van der Waals surface area contributed by atoms with E-state index >= 15 is 0 Å².